The fourth-order valence-electron chi connectivity index (χ4n) is 3.59. The molecule has 5 nitrogen and oxygen atoms in total. The summed E-state index contributed by atoms with van der Waals surface area (Å²) in [4.78, 5) is 28.0. The Kier molecular flexibility index (Phi) is 9.86. The summed E-state index contributed by atoms with van der Waals surface area (Å²) in [5.41, 5.74) is 2.89. The molecule has 0 saturated carbocycles. The Labute approximate surface area is 210 Å². The van der Waals surface area contributed by atoms with Crippen molar-refractivity contribution in [1.29, 1.82) is 0 Å². The van der Waals surface area contributed by atoms with Gasteiger partial charge >= 0.3 is 0 Å². The van der Waals surface area contributed by atoms with Gasteiger partial charge in [-0.3, -0.25) is 9.59 Å². The molecule has 1 unspecified atom stereocenters. The van der Waals surface area contributed by atoms with Gasteiger partial charge in [0.05, 0.1) is 12.9 Å². The predicted octanol–water partition coefficient (Wildman–Crippen LogP) is 4.97. The first kappa shape index (κ1) is 25.7. The lowest BCUT2D eigenvalue weighted by atomic mass is 10.0. The van der Waals surface area contributed by atoms with Crippen molar-refractivity contribution in [2.45, 2.75) is 24.8 Å². The Morgan fingerprint density at radius 2 is 1.65 bits per heavy atom. The zero-order valence-corrected chi connectivity index (χ0v) is 20.9. The average Bonchev–Trinajstić information content (AvgIpc) is 2.87. The molecular formula is C27H29ClN2O3S. The van der Waals surface area contributed by atoms with Crippen molar-refractivity contribution >= 4 is 35.2 Å². The molecule has 2 amide bonds. The molecule has 34 heavy (non-hydrogen) atoms. The molecule has 0 bridgehead atoms. The molecule has 0 spiro atoms. The van der Waals surface area contributed by atoms with Crippen LogP contribution in [0.4, 0.5) is 0 Å². The lowest BCUT2D eigenvalue weighted by Crippen LogP contribution is -2.50. The van der Waals surface area contributed by atoms with Gasteiger partial charge in [-0.1, -0.05) is 72.3 Å². The van der Waals surface area contributed by atoms with E-state index in [2.05, 4.69) is 5.32 Å². The molecule has 7 heteroatoms. The van der Waals surface area contributed by atoms with Gasteiger partial charge in [-0.25, -0.2) is 0 Å². The highest BCUT2D eigenvalue weighted by atomic mass is 35.5. The fourth-order valence-corrected chi connectivity index (χ4v) is 4.66. The van der Waals surface area contributed by atoms with Crippen LogP contribution in [0.15, 0.2) is 78.9 Å². The van der Waals surface area contributed by atoms with Crippen molar-refractivity contribution in [3.8, 4) is 5.75 Å². The van der Waals surface area contributed by atoms with E-state index in [-0.39, 0.29) is 24.1 Å². The van der Waals surface area contributed by atoms with Crippen molar-refractivity contribution in [1.82, 2.24) is 10.2 Å². The summed E-state index contributed by atoms with van der Waals surface area (Å²) >= 11 is 7.92. The maximum Gasteiger partial charge on any atom is 0.242 e. The number of likely N-dealkylation sites (N-methyl/N-ethyl adjacent to an activating group) is 1. The highest BCUT2D eigenvalue weighted by Crippen LogP contribution is 2.22. The molecule has 0 aromatic heterocycles. The molecule has 1 atom stereocenters. The first-order chi connectivity index (χ1) is 16.5. The summed E-state index contributed by atoms with van der Waals surface area (Å²) in [5, 5.41) is 3.30. The molecule has 0 aliphatic heterocycles. The Balaban J connectivity index is 1.79. The lowest BCUT2D eigenvalue weighted by molar-refractivity contribution is -0.139. The van der Waals surface area contributed by atoms with E-state index >= 15 is 0 Å². The predicted molar refractivity (Wildman–Crippen MR) is 139 cm³/mol. The van der Waals surface area contributed by atoms with Crippen molar-refractivity contribution in [2.75, 3.05) is 19.9 Å². The van der Waals surface area contributed by atoms with Crippen LogP contribution in [-0.2, 0) is 28.3 Å². The van der Waals surface area contributed by atoms with Crippen molar-refractivity contribution in [3.63, 3.8) is 0 Å². The maximum absolute atomic E-state index is 13.5. The van der Waals surface area contributed by atoms with Crippen LogP contribution < -0.4 is 10.1 Å². The fraction of sp³-hybridized carbons (Fsp3) is 0.259. The number of halogens is 1. The molecule has 3 rings (SSSR count). The van der Waals surface area contributed by atoms with Crippen LogP contribution in [0, 0.1) is 0 Å². The van der Waals surface area contributed by atoms with Gasteiger partial charge < -0.3 is 15.0 Å². The number of methoxy groups -OCH3 is 1. The van der Waals surface area contributed by atoms with Gasteiger partial charge in [0, 0.05) is 30.8 Å². The highest BCUT2D eigenvalue weighted by Gasteiger charge is 2.30. The topological polar surface area (TPSA) is 58.6 Å². The van der Waals surface area contributed by atoms with Gasteiger partial charge in [0.2, 0.25) is 11.8 Å². The number of rotatable bonds is 11. The molecule has 3 aromatic carbocycles. The van der Waals surface area contributed by atoms with Gasteiger partial charge in [-0.2, -0.15) is 0 Å². The zero-order chi connectivity index (χ0) is 24.3. The van der Waals surface area contributed by atoms with Crippen molar-refractivity contribution in [2.24, 2.45) is 0 Å². The van der Waals surface area contributed by atoms with Gasteiger partial charge in [0.25, 0.3) is 0 Å². The standard InChI is InChI=1S/C27H29ClN2O3S/c1-29-27(32)25(16-20-8-4-3-5-9-20)30(17-22-10-6-7-11-24(22)28)26(31)19-34-18-21-12-14-23(33-2)15-13-21/h3-15,25H,16-19H2,1-2H3,(H,29,32). The molecule has 178 valence electrons. The van der Waals surface area contributed by atoms with E-state index in [0.29, 0.717) is 17.2 Å². The summed E-state index contributed by atoms with van der Waals surface area (Å²) < 4.78 is 5.20. The summed E-state index contributed by atoms with van der Waals surface area (Å²) in [7, 11) is 3.23. The van der Waals surface area contributed by atoms with Crippen LogP contribution in [0.5, 0.6) is 5.75 Å². The third-order valence-corrected chi connectivity index (χ3v) is 6.83. The summed E-state index contributed by atoms with van der Waals surface area (Å²) in [5.74, 6) is 1.41. The van der Waals surface area contributed by atoms with E-state index in [1.54, 1.807) is 25.1 Å². The monoisotopic (exact) mass is 496 g/mol. The van der Waals surface area contributed by atoms with Gasteiger partial charge in [0.1, 0.15) is 11.8 Å². The van der Waals surface area contributed by atoms with Crippen LogP contribution in [0.3, 0.4) is 0 Å². The SMILES string of the molecule is CNC(=O)C(Cc1ccccc1)N(Cc1ccccc1Cl)C(=O)CSCc1ccc(OC)cc1. The van der Waals surface area contributed by atoms with Gasteiger partial charge in [0.15, 0.2) is 0 Å². The van der Waals surface area contributed by atoms with Crippen LogP contribution in [-0.4, -0.2) is 42.7 Å². The number of carbonyl (C=O) groups excluding carboxylic acids is 2. The molecule has 0 aliphatic carbocycles. The summed E-state index contributed by atoms with van der Waals surface area (Å²) in [6, 6.07) is 24.3. The summed E-state index contributed by atoms with van der Waals surface area (Å²) in [6.07, 6.45) is 0.417. The van der Waals surface area contributed by atoms with Crippen LogP contribution in [0.1, 0.15) is 16.7 Å². The second-order valence-corrected chi connectivity index (χ2v) is 9.17. The van der Waals surface area contributed by atoms with Crippen LogP contribution in [0.2, 0.25) is 5.02 Å². The number of carbonyl (C=O) groups is 2. The smallest absolute Gasteiger partial charge is 0.242 e. The Bertz CT molecular complexity index is 1080. The number of thioether (sulfide) groups is 1. The molecule has 1 N–H and O–H groups in total. The Morgan fingerprint density at radius 3 is 2.29 bits per heavy atom. The number of hydrogen-bond acceptors (Lipinski definition) is 4. The molecule has 0 fully saturated rings. The lowest BCUT2D eigenvalue weighted by Gasteiger charge is -2.31. The van der Waals surface area contributed by atoms with E-state index < -0.39 is 6.04 Å². The second kappa shape index (κ2) is 13.1. The van der Waals surface area contributed by atoms with E-state index in [1.807, 2.05) is 72.8 Å². The van der Waals surface area contributed by atoms with E-state index in [0.717, 1.165) is 22.4 Å². The molecular weight excluding hydrogens is 468 g/mol. The summed E-state index contributed by atoms with van der Waals surface area (Å²) in [6.45, 7) is 0.256. The first-order valence-corrected chi connectivity index (χ1v) is 12.5. The minimum Gasteiger partial charge on any atom is -0.497 e. The molecule has 0 saturated heterocycles. The number of nitrogens with one attached hydrogen (secondary N) is 1. The minimum atomic E-state index is -0.655. The number of hydrogen-bond donors (Lipinski definition) is 1. The van der Waals surface area contributed by atoms with Gasteiger partial charge in [-0.05, 0) is 34.9 Å². The van der Waals surface area contributed by atoms with Gasteiger partial charge in [-0.15, -0.1) is 11.8 Å². The molecule has 3 aromatic rings. The van der Waals surface area contributed by atoms with Crippen LogP contribution >= 0.6 is 23.4 Å². The molecule has 0 heterocycles. The zero-order valence-electron chi connectivity index (χ0n) is 19.4. The largest absolute Gasteiger partial charge is 0.497 e. The highest BCUT2D eigenvalue weighted by molar-refractivity contribution is 7.99. The Morgan fingerprint density at radius 1 is 0.971 bits per heavy atom. The van der Waals surface area contributed by atoms with Crippen molar-refractivity contribution in [3.05, 3.63) is 101 Å². The number of ether oxygens (including phenoxy) is 1. The average molecular weight is 497 g/mol. The quantitative estimate of drug-likeness (QED) is 0.407. The van der Waals surface area contributed by atoms with E-state index in [9.17, 15) is 9.59 Å². The third kappa shape index (κ3) is 7.27. The van der Waals surface area contributed by atoms with Crippen LogP contribution in [0.25, 0.3) is 0 Å². The Hall–Kier alpha value is -2.96. The van der Waals surface area contributed by atoms with Crippen molar-refractivity contribution < 1.29 is 14.3 Å². The van der Waals surface area contributed by atoms with E-state index in [1.165, 1.54) is 11.8 Å². The normalized spacial score (nSPS) is 11.5. The van der Waals surface area contributed by atoms with E-state index in [4.69, 9.17) is 16.3 Å². The molecule has 0 radical (unpaired) electrons. The number of nitrogens with zero attached hydrogens (tertiary/aromatic N) is 1. The minimum absolute atomic E-state index is 0.108. The maximum atomic E-state index is 13.5. The number of amides is 2. The molecule has 0 aliphatic rings. The number of benzene rings is 3. The second-order valence-electron chi connectivity index (χ2n) is 7.77. The third-order valence-electron chi connectivity index (χ3n) is 5.47. The first-order valence-electron chi connectivity index (χ1n) is 11.0.